The van der Waals surface area contributed by atoms with Gasteiger partial charge in [-0.15, -0.1) is 0 Å². The van der Waals surface area contributed by atoms with Crippen molar-refractivity contribution in [2.45, 2.75) is 25.9 Å². The maximum atomic E-state index is 11.8. The van der Waals surface area contributed by atoms with Crippen LogP contribution >= 0.6 is 0 Å². The Hall–Kier alpha value is -1.36. The summed E-state index contributed by atoms with van der Waals surface area (Å²) >= 11 is 0. The summed E-state index contributed by atoms with van der Waals surface area (Å²) in [5.41, 5.74) is 1.11. The lowest BCUT2D eigenvalue weighted by Crippen LogP contribution is -2.31. The molecular weight excluding hydrogens is 204 g/mol. The largest absolute Gasteiger partial charge is 0.341 e. The van der Waals surface area contributed by atoms with E-state index in [0.29, 0.717) is 6.54 Å². The lowest BCUT2D eigenvalue weighted by Gasteiger charge is -2.14. The monoisotopic (exact) mass is 222 g/mol. The first kappa shape index (κ1) is 11.1. The molecule has 1 aromatic rings. The van der Waals surface area contributed by atoms with Crippen molar-refractivity contribution in [3.05, 3.63) is 18.0 Å². The van der Waals surface area contributed by atoms with Crippen LogP contribution in [0.4, 0.5) is 0 Å². The number of amides is 1. The number of aromatic nitrogens is 2. The number of carbonyl (C=O) groups is 1. The fraction of sp³-hybridized carbons (Fsp3) is 0.636. The molecule has 0 saturated carbocycles. The minimum Gasteiger partial charge on any atom is -0.341 e. The zero-order valence-corrected chi connectivity index (χ0v) is 9.65. The number of hydrogen-bond acceptors (Lipinski definition) is 3. The van der Waals surface area contributed by atoms with E-state index < -0.39 is 0 Å². The summed E-state index contributed by atoms with van der Waals surface area (Å²) in [5, 5.41) is 7.23. The van der Waals surface area contributed by atoms with E-state index in [-0.39, 0.29) is 5.91 Å². The second kappa shape index (κ2) is 5.12. The van der Waals surface area contributed by atoms with Crippen LogP contribution in [-0.4, -0.2) is 40.7 Å². The van der Waals surface area contributed by atoms with E-state index in [1.165, 1.54) is 0 Å². The SMILES string of the molecule is CNCc1cnn(CC(=O)N2CCCC2)c1. The molecular formula is C11H18N4O. The molecule has 1 N–H and O–H groups in total. The minimum absolute atomic E-state index is 0.177. The molecule has 0 unspecified atom stereocenters. The fourth-order valence-electron chi connectivity index (χ4n) is 1.99. The molecule has 0 atom stereocenters. The van der Waals surface area contributed by atoms with Gasteiger partial charge in [-0.05, 0) is 19.9 Å². The molecule has 2 heterocycles. The first-order chi connectivity index (χ1) is 7.79. The van der Waals surface area contributed by atoms with E-state index in [2.05, 4.69) is 10.4 Å². The van der Waals surface area contributed by atoms with Gasteiger partial charge in [0.05, 0.1) is 6.20 Å². The van der Waals surface area contributed by atoms with Crippen LogP contribution in [0.5, 0.6) is 0 Å². The molecule has 0 radical (unpaired) electrons. The molecule has 0 bridgehead atoms. The van der Waals surface area contributed by atoms with Gasteiger partial charge in [0.1, 0.15) is 6.54 Å². The number of nitrogens with one attached hydrogen (secondary N) is 1. The van der Waals surface area contributed by atoms with Crippen LogP contribution in [-0.2, 0) is 17.9 Å². The third-order valence-electron chi connectivity index (χ3n) is 2.82. The van der Waals surface area contributed by atoms with Crippen molar-refractivity contribution in [3.8, 4) is 0 Å². The highest BCUT2D eigenvalue weighted by molar-refractivity contribution is 5.76. The van der Waals surface area contributed by atoms with Crippen molar-refractivity contribution in [1.29, 1.82) is 0 Å². The smallest absolute Gasteiger partial charge is 0.244 e. The average molecular weight is 222 g/mol. The summed E-state index contributed by atoms with van der Waals surface area (Å²) in [6.45, 7) is 2.97. The molecule has 0 aromatic carbocycles. The molecule has 16 heavy (non-hydrogen) atoms. The van der Waals surface area contributed by atoms with Crippen LogP contribution < -0.4 is 5.32 Å². The van der Waals surface area contributed by atoms with Crippen molar-refractivity contribution in [2.24, 2.45) is 0 Å². The Morgan fingerprint density at radius 3 is 2.94 bits per heavy atom. The maximum absolute atomic E-state index is 11.8. The molecule has 1 fully saturated rings. The number of likely N-dealkylation sites (tertiary alicyclic amines) is 1. The molecule has 1 aliphatic rings. The first-order valence-corrected chi connectivity index (χ1v) is 5.73. The average Bonchev–Trinajstić information content (AvgIpc) is 2.89. The zero-order chi connectivity index (χ0) is 11.4. The van der Waals surface area contributed by atoms with Gasteiger partial charge < -0.3 is 10.2 Å². The van der Waals surface area contributed by atoms with Crippen LogP contribution in [0.2, 0.25) is 0 Å². The Balaban J connectivity index is 1.89. The third kappa shape index (κ3) is 2.61. The topological polar surface area (TPSA) is 50.2 Å². The predicted molar refractivity (Wildman–Crippen MR) is 60.8 cm³/mol. The Bertz CT molecular complexity index is 355. The number of rotatable bonds is 4. The van der Waals surface area contributed by atoms with Crippen LogP contribution in [0.1, 0.15) is 18.4 Å². The lowest BCUT2D eigenvalue weighted by atomic mass is 10.4. The maximum Gasteiger partial charge on any atom is 0.244 e. The molecule has 2 rings (SSSR count). The van der Waals surface area contributed by atoms with Gasteiger partial charge in [0.15, 0.2) is 0 Å². The number of nitrogens with zero attached hydrogens (tertiary/aromatic N) is 3. The van der Waals surface area contributed by atoms with Gasteiger partial charge in [-0.2, -0.15) is 5.10 Å². The second-order valence-corrected chi connectivity index (χ2v) is 4.16. The molecule has 5 nitrogen and oxygen atoms in total. The predicted octanol–water partition coefficient (Wildman–Crippen LogP) is 0.225. The normalized spacial score (nSPS) is 15.7. The van der Waals surface area contributed by atoms with E-state index in [9.17, 15) is 4.79 Å². The first-order valence-electron chi connectivity index (χ1n) is 5.73. The van der Waals surface area contributed by atoms with Gasteiger partial charge in [0, 0.05) is 31.4 Å². The molecule has 1 aromatic heterocycles. The second-order valence-electron chi connectivity index (χ2n) is 4.16. The Kier molecular flexibility index (Phi) is 3.56. The van der Waals surface area contributed by atoms with Crippen molar-refractivity contribution in [3.63, 3.8) is 0 Å². The Morgan fingerprint density at radius 1 is 1.50 bits per heavy atom. The van der Waals surface area contributed by atoms with Crippen LogP contribution in [0.3, 0.4) is 0 Å². The van der Waals surface area contributed by atoms with Gasteiger partial charge in [-0.3, -0.25) is 9.48 Å². The molecule has 1 amide bonds. The van der Waals surface area contributed by atoms with E-state index in [4.69, 9.17) is 0 Å². The summed E-state index contributed by atoms with van der Waals surface area (Å²) in [4.78, 5) is 13.7. The quantitative estimate of drug-likeness (QED) is 0.793. The molecule has 1 aliphatic heterocycles. The standard InChI is InChI=1S/C11H18N4O/c1-12-6-10-7-13-15(8-10)9-11(16)14-4-2-3-5-14/h7-8,12H,2-6,9H2,1H3. The molecule has 1 saturated heterocycles. The van der Waals surface area contributed by atoms with Crippen molar-refractivity contribution < 1.29 is 4.79 Å². The Labute approximate surface area is 95.4 Å². The van der Waals surface area contributed by atoms with Crippen molar-refractivity contribution >= 4 is 5.91 Å². The van der Waals surface area contributed by atoms with Gasteiger partial charge in [0.2, 0.25) is 5.91 Å². The third-order valence-corrected chi connectivity index (χ3v) is 2.82. The Morgan fingerprint density at radius 2 is 2.25 bits per heavy atom. The summed E-state index contributed by atoms with van der Waals surface area (Å²) in [6, 6.07) is 0. The van der Waals surface area contributed by atoms with Crippen molar-refractivity contribution in [2.75, 3.05) is 20.1 Å². The van der Waals surface area contributed by atoms with E-state index >= 15 is 0 Å². The lowest BCUT2D eigenvalue weighted by molar-refractivity contribution is -0.130. The van der Waals surface area contributed by atoms with Gasteiger partial charge >= 0.3 is 0 Å². The highest BCUT2D eigenvalue weighted by Crippen LogP contribution is 2.08. The highest BCUT2D eigenvalue weighted by Gasteiger charge is 2.18. The van der Waals surface area contributed by atoms with Gasteiger partial charge in [-0.25, -0.2) is 0 Å². The molecule has 88 valence electrons. The van der Waals surface area contributed by atoms with E-state index in [1.807, 2.05) is 18.1 Å². The van der Waals surface area contributed by atoms with Crippen molar-refractivity contribution in [1.82, 2.24) is 20.0 Å². The zero-order valence-electron chi connectivity index (χ0n) is 9.65. The van der Waals surface area contributed by atoms with Gasteiger partial charge in [0.25, 0.3) is 0 Å². The summed E-state index contributed by atoms with van der Waals surface area (Å²) in [7, 11) is 1.90. The molecule has 0 aliphatic carbocycles. The molecule has 0 spiro atoms. The fourth-order valence-corrected chi connectivity index (χ4v) is 1.99. The van der Waals surface area contributed by atoms with Gasteiger partial charge in [-0.1, -0.05) is 0 Å². The van der Waals surface area contributed by atoms with E-state index in [1.54, 1.807) is 10.9 Å². The van der Waals surface area contributed by atoms with Crippen LogP contribution in [0, 0.1) is 0 Å². The van der Waals surface area contributed by atoms with Crippen LogP contribution in [0.15, 0.2) is 12.4 Å². The summed E-state index contributed by atoms with van der Waals surface area (Å²) in [6.07, 6.45) is 5.99. The summed E-state index contributed by atoms with van der Waals surface area (Å²) in [5.74, 6) is 0.177. The number of hydrogen-bond donors (Lipinski definition) is 1. The number of carbonyl (C=O) groups excluding carboxylic acids is 1. The van der Waals surface area contributed by atoms with E-state index in [0.717, 1.165) is 38.0 Å². The highest BCUT2D eigenvalue weighted by atomic mass is 16.2. The molecule has 5 heteroatoms. The minimum atomic E-state index is 0.177. The summed E-state index contributed by atoms with van der Waals surface area (Å²) < 4.78 is 1.72. The van der Waals surface area contributed by atoms with Crippen LogP contribution in [0.25, 0.3) is 0 Å².